The summed E-state index contributed by atoms with van der Waals surface area (Å²) in [5.41, 5.74) is 1.03. The Hall–Kier alpha value is -1.07. The molecule has 1 atom stereocenters. The lowest BCUT2D eigenvalue weighted by molar-refractivity contribution is 0.259. The predicted molar refractivity (Wildman–Crippen MR) is 116 cm³/mol. The van der Waals surface area contributed by atoms with Gasteiger partial charge in [0.25, 0.3) is 0 Å². The molecule has 0 aromatic heterocycles. The van der Waals surface area contributed by atoms with Gasteiger partial charge in [0.1, 0.15) is 12.4 Å². The molecule has 7 nitrogen and oxygen atoms in total. The van der Waals surface area contributed by atoms with Gasteiger partial charge in [0.2, 0.25) is 0 Å². The summed E-state index contributed by atoms with van der Waals surface area (Å²) >= 11 is 0. The highest BCUT2D eigenvalue weighted by molar-refractivity contribution is 14.0. The molecule has 0 bridgehead atoms. The molecule has 0 amide bonds. The second-order valence-corrected chi connectivity index (χ2v) is 8.66. The Morgan fingerprint density at radius 2 is 2.08 bits per heavy atom. The molecule has 148 valence electrons. The zero-order chi connectivity index (χ0) is 18.3. The number of nitrogens with one attached hydrogen (secondary N) is 2. The van der Waals surface area contributed by atoms with Gasteiger partial charge in [-0.1, -0.05) is 18.2 Å². The number of likely N-dealkylation sites (N-methyl/N-ethyl adjacent to an activating group) is 1. The van der Waals surface area contributed by atoms with Crippen molar-refractivity contribution in [2.75, 3.05) is 45.8 Å². The van der Waals surface area contributed by atoms with Crippen LogP contribution in [0.5, 0.6) is 5.75 Å². The maximum absolute atomic E-state index is 11.6. The standard InChI is InChI=1S/C17H28N4O3S.HI/c1-18-17(20-15-8-11-25(22,23)13-15)19-12-14-6-4-5-7-16(14)24-10-9-21(2)3;/h4-7,15H,8-13H2,1-3H3,(H2,18,19,20);1H. The monoisotopic (exact) mass is 496 g/mol. The Balaban J connectivity index is 0.00000338. The summed E-state index contributed by atoms with van der Waals surface area (Å²) in [6, 6.07) is 7.79. The van der Waals surface area contributed by atoms with E-state index in [1.54, 1.807) is 7.05 Å². The van der Waals surface area contributed by atoms with Crippen molar-refractivity contribution < 1.29 is 13.2 Å². The number of guanidine groups is 1. The summed E-state index contributed by atoms with van der Waals surface area (Å²) in [6.45, 7) is 2.02. The van der Waals surface area contributed by atoms with E-state index in [-0.39, 0.29) is 41.5 Å². The largest absolute Gasteiger partial charge is 0.492 e. The summed E-state index contributed by atoms with van der Waals surface area (Å²) in [5, 5.41) is 6.41. The van der Waals surface area contributed by atoms with Gasteiger partial charge in [0.05, 0.1) is 11.5 Å². The topological polar surface area (TPSA) is 83.0 Å². The van der Waals surface area contributed by atoms with Gasteiger partial charge in [0.15, 0.2) is 15.8 Å². The van der Waals surface area contributed by atoms with E-state index >= 15 is 0 Å². The smallest absolute Gasteiger partial charge is 0.191 e. The van der Waals surface area contributed by atoms with Crippen molar-refractivity contribution in [2.45, 2.75) is 19.0 Å². The molecule has 1 aliphatic rings. The van der Waals surface area contributed by atoms with Crippen LogP contribution in [0.15, 0.2) is 29.3 Å². The molecule has 1 aliphatic heterocycles. The minimum atomic E-state index is -2.91. The number of ether oxygens (including phenoxy) is 1. The molecule has 9 heteroatoms. The second-order valence-electron chi connectivity index (χ2n) is 6.43. The minimum absolute atomic E-state index is 0. The highest BCUT2D eigenvalue weighted by Crippen LogP contribution is 2.17. The van der Waals surface area contributed by atoms with Gasteiger partial charge in [0, 0.05) is 31.7 Å². The van der Waals surface area contributed by atoms with Crippen molar-refractivity contribution in [1.82, 2.24) is 15.5 Å². The molecule has 1 aromatic rings. The van der Waals surface area contributed by atoms with Crippen LogP contribution in [0, 0.1) is 0 Å². The van der Waals surface area contributed by atoms with E-state index in [9.17, 15) is 8.42 Å². The summed E-state index contributed by atoms with van der Waals surface area (Å²) in [4.78, 5) is 6.25. The van der Waals surface area contributed by atoms with Crippen LogP contribution < -0.4 is 15.4 Å². The van der Waals surface area contributed by atoms with Crippen LogP contribution in [0.1, 0.15) is 12.0 Å². The minimum Gasteiger partial charge on any atom is -0.492 e. The third-order valence-electron chi connectivity index (χ3n) is 4.01. The molecular formula is C17H29IN4O3S. The van der Waals surface area contributed by atoms with Crippen molar-refractivity contribution >= 4 is 39.8 Å². The van der Waals surface area contributed by atoms with Gasteiger partial charge in [-0.2, -0.15) is 0 Å². The molecule has 0 saturated carbocycles. The lowest BCUT2D eigenvalue weighted by atomic mass is 10.2. The maximum Gasteiger partial charge on any atom is 0.191 e. The molecule has 1 heterocycles. The molecule has 0 radical (unpaired) electrons. The number of benzene rings is 1. The number of hydrogen-bond acceptors (Lipinski definition) is 5. The Labute approximate surface area is 173 Å². The van der Waals surface area contributed by atoms with Gasteiger partial charge in [-0.15, -0.1) is 24.0 Å². The van der Waals surface area contributed by atoms with Crippen molar-refractivity contribution in [3.05, 3.63) is 29.8 Å². The van der Waals surface area contributed by atoms with Crippen molar-refractivity contribution in [3.63, 3.8) is 0 Å². The average Bonchev–Trinajstić information content (AvgIpc) is 2.91. The first kappa shape index (κ1) is 23.0. The van der Waals surface area contributed by atoms with Crippen LogP contribution in [0.2, 0.25) is 0 Å². The van der Waals surface area contributed by atoms with E-state index in [1.807, 2.05) is 38.4 Å². The number of aliphatic imine (C=N–C) groups is 1. The van der Waals surface area contributed by atoms with Crippen LogP contribution in [0.3, 0.4) is 0 Å². The molecule has 1 unspecified atom stereocenters. The highest BCUT2D eigenvalue weighted by Gasteiger charge is 2.28. The normalized spacial score (nSPS) is 19.1. The van der Waals surface area contributed by atoms with Crippen LogP contribution in [-0.4, -0.2) is 71.1 Å². The third kappa shape index (κ3) is 7.67. The molecule has 0 spiro atoms. The first-order valence-electron chi connectivity index (χ1n) is 8.42. The van der Waals surface area contributed by atoms with Crippen molar-refractivity contribution in [2.24, 2.45) is 4.99 Å². The lowest BCUT2D eigenvalue weighted by Crippen LogP contribution is -2.43. The van der Waals surface area contributed by atoms with Gasteiger partial charge < -0.3 is 20.3 Å². The maximum atomic E-state index is 11.6. The Bertz CT molecular complexity index is 695. The summed E-state index contributed by atoms with van der Waals surface area (Å²) < 4.78 is 29.0. The lowest BCUT2D eigenvalue weighted by Gasteiger charge is -2.18. The summed E-state index contributed by atoms with van der Waals surface area (Å²) in [5.74, 6) is 1.85. The molecule has 26 heavy (non-hydrogen) atoms. The SMILES string of the molecule is CN=C(NCc1ccccc1OCCN(C)C)NC1CCS(=O)(=O)C1.I. The van der Waals surface area contributed by atoms with Gasteiger partial charge >= 0.3 is 0 Å². The molecule has 1 fully saturated rings. The summed E-state index contributed by atoms with van der Waals surface area (Å²) in [6.07, 6.45) is 0.618. The van der Waals surface area contributed by atoms with Gasteiger partial charge in [-0.3, -0.25) is 4.99 Å². The fraction of sp³-hybridized carbons (Fsp3) is 0.588. The average molecular weight is 496 g/mol. The predicted octanol–water partition coefficient (Wildman–Crippen LogP) is 1.10. The van der Waals surface area contributed by atoms with E-state index in [4.69, 9.17) is 4.74 Å². The zero-order valence-corrected chi connectivity index (χ0v) is 18.7. The van der Waals surface area contributed by atoms with Crippen molar-refractivity contribution in [1.29, 1.82) is 0 Å². The van der Waals surface area contributed by atoms with E-state index in [0.29, 0.717) is 25.5 Å². The first-order valence-corrected chi connectivity index (χ1v) is 10.2. The van der Waals surface area contributed by atoms with Gasteiger partial charge in [-0.25, -0.2) is 8.42 Å². The second kappa shape index (κ2) is 10.9. The van der Waals surface area contributed by atoms with E-state index in [0.717, 1.165) is 17.9 Å². The molecule has 2 rings (SSSR count). The third-order valence-corrected chi connectivity index (χ3v) is 5.78. The van der Waals surface area contributed by atoms with Gasteiger partial charge in [-0.05, 0) is 26.6 Å². The number of nitrogens with zero attached hydrogens (tertiary/aromatic N) is 2. The van der Waals surface area contributed by atoms with Crippen LogP contribution in [0.25, 0.3) is 0 Å². The van der Waals surface area contributed by atoms with E-state index in [2.05, 4.69) is 20.5 Å². The quantitative estimate of drug-likeness (QED) is 0.334. The number of para-hydroxylation sites is 1. The molecule has 1 aromatic carbocycles. The fourth-order valence-corrected chi connectivity index (χ4v) is 4.28. The Morgan fingerprint density at radius 3 is 2.69 bits per heavy atom. The summed E-state index contributed by atoms with van der Waals surface area (Å²) in [7, 11) is 2.79. The number of rotatable bonds is 7. The van der Waals surface area contributed by atoms with Crippen LogP contribution >= 0.6 is 24.0 Å². The fourth-order valence-electron chi connectivity index (χ4n) is 2.60. The molecule has 2 N–H and O–H groups in total. The zero-order valence-electron chi connectivity index (χ0n) is 15.6. The van der Waals surface area contributed by atoms with Crippen molar-refractivity contribution in [3.8, 4) is 5.75 Å². The van der Waals surface area contributed by atoms with E-state index < -0.39 is 9.84 Å². The number of halogens is 1. The highest BCUT2D eigenvalue weighted by atomic mass is 127. The van der Waals surface area contributed by atoms with Crippen LogP contribution in [0.4, 0.5) is 0 Å². The molecule has 0 aliphatic carbocycles. The Kier molecular flexibility index (Phi) is 9.66. The number of hydrogen-bond donors (Lipinski definition) is 2. The first-order chi connectivity index (χ1) is 11.9. The van der Waals surface area contributed by atoms with Crippen LogP contribution in [-0.2, 0) is 16.4 Å². The molecular weight excluding hydrogens is 467 g/mol. The Morgan fingerprint density at radius 1 is 1.35 bits per heavy atom. The van der Waals surface area contributed by atoms with E-state index in [1.165, 1.54) is 0 Å². The number of sulfone groups is 1. The molecule has 1 saturated heterocycles.